The number of ketones is 2. The Kier molecular flexibility index (Phi) is 4.47. The van der Waals surface area contributed by atoms with Gasteiger partial charge in [-0.25, -0.2) is 4.79 Å². The van der Waals surface area contributed by atoms with Gasteiger partial charge in [0.05, 0.1) is 11.3 Å². The molecule has 0 heterocycles. The molecule has 2 aromatic rings. The number of Topliss-reactive ketones (excluding diaryl/α,β-unsaturated/α-hetero) is 2. The van der Waals surface area contributed by atoms with Crippen LogP contribution in [0.1, 0.15) is 47.1 Å². The quantitative estimate of drug-likeness (QED) is 0.640. The lowest BCUT2D eigenvalue weighted by Gasteiger charge is -2.20. The van der Waals surface area contributed by atoms with E-state index in [-0.39, 0.29) is 17.1 Å². The third-order valence-corrected chi connectivity index (χ3v) is 3.80. The summed E-state index contributed by atoms with van der Waals surface area (Å²) in [7, 11) is 0. The van der Waals surface area contributed by atoms with Crippen LogP contribution in [0.15, 0.2) is 54.1 Å². The number of hydrogen-bond acceptors (Lipinski definition) is 4. The zero-order valence-corrected chi connectivity index (χ0v) is 14.8. The number of para-hydroxylation sites is 1. The molecule has 1 aliphatic rings. The summed E-state index contributed by atoms with van der Waals surface area (Å²) in [5.41, 5.74) is 1.29. The first kappa shape index (κ1) is 17.6. The van der Waals surface area contributed by atoms with Crippen LogP contribution in [0.4, 0.5) is 10.5 Å². The number of ether oxygens (including phenoxy) is 1. The number of hydrogen-bond donors (Lipinski definition) is 1. The van der Waals surface area contributed by atoms with Crippen molar-refractivity contribution in [3.05, 3.63) is 70.8 Å². The van der Waals surface area contributed by atoms with E-state index in [0.29, 0.717) is 22.4 Å². The fourth-order valence-corrected chi connectivity index (χ4v) is 2.71. The van der Waals surface area contributed by atoms with Crippen molar-refractivity contribution in [2.75, 3.05) is 5.32 Å². The van der Waals surface area contributed by atoms with Gasteiger partial charge in [-0.1, -0.05) is 42.5 Å². The summed E-state index contributed by atoms with van der Waals surface area (Å²) in [6.07, 6.45) is 0.910. The molecule has 0 fully saturated rings. The Balaban J connectivity index is 1.92. The second kappa shape index (κ2) is 6.59. The highest BCUT2D eigenvalue weighted by Gasteiger charge is 2.32. The number of fused-ring (bicyclic) bond motifs is 1. The van der Waals surface area contributed by atoms with Gasteiger partial charge in [0.25, 0.3) is 0 Å². The van der Waals surface area contributed by atoms with Crippen molar-refractivity contribution >= 4 is 29.4 Å². The van der Waals surface area contributed by atoms with E-state index in [0.717, 1.165) is 0 Å². The smallest absolute Gasteiger partial charge is 0.412 e. The molecule has 1 aliphatic carbocycles. The van der Waals surface area contributed by atoms with E-state index in [1.54, 1.807) is 69.3 Å². The van der Waals surface area contributed by atoms with E-state index < -0.39 is 11.7 Å². The predicted molar refractivity (Wildman–Crippen MR) is 99.4 cm³/mol. The lowest BCUT2D eigenvalue weighted by molar-refractivity contribution is 0.0635. The monoisotopic (exact) mass is 349 g/mol. The van der Waals surface area contributed by atoms with Crippen molar-refractivity contribution in [3.63, 3.8) is 0 Å². The lowest BCUT2D eigenvalue weighted by atomic mass is 10.1. The zero-order valence-electron chi connectivity index (χ0n) is 14.8. The number of anilines is 1. The van der Waals surface area contributed by atoms with Gasteiger partial charge in [0, 0.05) is 11.1 Å². The van der Waals surface area contributed by atoms with Gasteiger partial charge in [-0.05, 0) is 38.5 Å². The highest BCUT2D eigenvalue weighted by molar-refractivity contribution is 6.41. The minimum Gasteiger partial charge on any atom is -0.444 e. The molecule has 132 valence electrons. The summed E-state index contributed by atoms with van der Waals surface area (Å²) in [6.45, 7) is 5.31. The Morgan fingerprint density at radius 2 is 1.46 bits per heavy atom. The summed E-state index contributed by atoms with van der Waals surface area (Å²) < 4.78 is 5.25. The van der Waals surface area contributed by atoms with E-state index in [1.165, 1.54) is 6.08 Å². The molecule has 0 spiro atoms. The highest BCUT2D eigenvalue weighted by Crippen LogP contribution is 2.29. The second-order valence-electron chi connectivity index (χ2n) is 6.98. The molecule has 3 rings (SSSR count). The maximum absolute atomic E-state index is 12.5. The van der Waals surface area contributed by atoms with Crippen molar-refractivity contribution in [2.24, 2.45) is 0 Å². The van der Waals surface area contributed by atoms with Crippen molar-refractivity contribution in [1.29, 1.82) is 0 Å². The summed E-state index contributed by atoms with van der Waals surface area (Å²) >= 11 is 0. The summed E-state index contributed by atoms with van der Waals surface area (Å²) in [6, 6.07) is 13.7. The fourth-order valence-electron chi connectivity index (χ4n) is 2.71. The van der Waals surface area contributed by atoms with Gasteiger partial charge in [-0.15, -0.1) is 0 Å². The number of rotatable bonds is 2. The molecular formula is C21H19NO4. The molecule has 2 aromatic carbocycles. The molecule has 0 aromatic heterocycles. The van der Waals surface area contributed by atoms with Crippen molar-refractivity contribution in [2.45, 2.75) is 26.4 Å². The molecule has 1 N–H and O–H groups in total. The molecule has 0 saturated heterocycles. The first-order valence-electron chi connectivity index (χ1n) is 8.25. The Morgan fingerprint density at radius 1 is 0.923 bits per heavy atom. The van der Waals surface area contributed by atoms with Crippen LogP contribution in [-0.4, -0.2) is 23.3 Å². The molecule has 5 heteroatoms. The standard InChI is InChI=1S/C21H19NO4/c1-21(2,3)26-20(25)22-17-11-7-4-8-13(17)12-16-18(23)14-9-5-6-10-15(14)19(16)24/h4-12H,1-3H3,(H,22,25). The minimum absolute atomic E-state index is 0.0876. The maximum Gasteiger partial charge on any atom is 0.412 e. The number of carbonyl (C=O) groups is 3. The van der Waals surface area contributed by atoms with E-state index >= 15 is 0 Å². The number of allylic oxidation sites excluding steroid dienone is 1. The maximum atomic E-state index is 12.5. The molecule has 1 amide bonds. The molecule has 26 heavy (non-hydrogen) atoms. The van der Waals surface area contributed by atoms with Gasteiger partial charge in [-0.2, -0.15) is 0 Å². The Bertz CT molecular complexity index is 898. The Hall–Kier alpha value is -3.21. The van der Waals surface area contributed by atoms with Crippen LogP contribution in [0.5, 0.6) is 0 Å². The van der Waals surface area contributed by atoms with Crippen LogP contribution < -0.4 is 5.32 Å². The van der Waals surface area contributed by atoms with E-state index in [1.807, 2.05) is 0 Å². The molecule has 0 atom stereocenters. The number of nitrogens with one attached hydrogen (secondary N) is 1. The molecule has 0 bridgehead atoms. The Morgan fingerprint density at radius 3 is 2.04 bits per heavy atom. The first-order chi connectivity index (χ1) is 12.3. The van der Waals surface area contributed by atoms with Crippen LogP contribution >= 0.6 is 0 Å². The third kappa shape index (κ3) is 3.57. The largest absolute Gasteiger partial charge is 0.444 e. The van der Waals surface area contributed by atoms with Crippen LogP contribution in [0, 0.1) is 0 Å². The van der Waals surface area contributed by atoms with E-state index in [4.69, 9.17) is 4.74 Å². The van der Waals surface area contributed by atoms with Gasteiger partial charge in [0.2, 0.25) is 0 Å². The normalized spacial score (nSPS) is 13.4. The molecule has 0 unspecified atom stereocenters. The molecule has 0 radical (unpaired) electrons. The summed E-state index contributed by atoms with van der Waals surface area (Å²) in [5.74, 6) is -0.615. The summed E-state index contributed by atoms with van der Waals surface area (Å²) in [4.78, 5) is 37.1. The SMILES string of the molecule is CC(C)(C)OC(=O)Nc1ccccc1C=C1C(=O)c2ccccc2C1=O. The predicted octanol–water partition coefficient (Wildman–Crippen LogP) is 4.50. The molecule has 0 aliphatic heterocycles. The van der Waals surface area contributed by atoms with Crippen LogP contribution in [0.3, 0.4) is 0 Å². The van der Waals surface area contributed by atoms with Crippen molar-refractivity contribution < 1.29 is 19.1 Å². The van der Waals surface area contributed by atoms with Crippen LogP contribution in [0.2, 0.25) is 0 Å². The van der Waals surface area contributed by atoms with E-state index in [2.05, 4.69) is 5.32 Å². The summed E-state index contributed by atoms with van der Waals surface area (Å²) in [5, 5.41) is 2.66. The Labute approximate surface area is 151 Å². The van der Waals surface area contributed by atoms with Gasteiger partial charge in [0.1, 0.15) is 5.60 Å². The first-order valence-corrected chi connectivity index (χ1v) is 8.25. The topological polar surface area (TPSA) is 72.5 Å². The molecular weight excluding hydrogens is 330 g/mol. The van der Waals surface area contributed by atoms with Gasteiger partial charge >= 0.3 is 6.09 Å². The third-order valence-electron chi connectivity index (χ3n) is 3.80. The second-order valence-corrected chi connectivity index (χ2v) is 6.98. The van der Waals surface area contributed by atoms with Crippen LogP contribution in [0.25, 0.3) is 6.08 Å². The molecule has 0 saturated carbocycles. The highest BCUT2D eigenvalue weighted by atomic mass is 16.6. The minimum atomic E-state index is -0.628. The van der Waals surface area contributed by atoms with E-state index in [9.17, 15) is 14.4 Å². The number of carbonyl (C=O) groups excluding carboxylic acids is 3. The van der Waals surface area contributed by atoms with Gasteiger partial charge < -0.3 is 4.74 Å². The average Bonchev–Trinajstić information content (AvgIpc) is 2.80. The number of benzene rings is 2. The van der Waals surface area contributed by atoms with Crippen LogP contribution in [-0.2, 0) is 4.74 Å². The number of amides is 1. The van der Waals surface area contributed by atoms with Crippen molar-refractivity contribution in [3.8, 4) is 0 Å². The van der Waals surface area contributed by atoms with Gasteiger partial charge in [0.15, 0.2) is 11.6 Å². The average molecular weight is 349 g/mol. The fraction of sp³-hybridized carbons (Fsp3) is 0.190. The lowest BCUT2D eigenvalue weighted by Crippen LogP contribution is -2.27. The van der Waals surface area contributed by atoms with Gasteiger partial charge in [-0.3, -0.25) is 14.9 Å². The zero-order chi connectivity index (χ0) is 18.9. The molecule has 5 nitrogen and oxygen atoms in total. The van der Waals surface area contributed by atoms with Crippen molar-refractivity contribution in [1.82, 2.24) is 0 Å².